The van der Waals surface area contributed by atoms with Crippen LogP contribution in [-0.2, 0) is 6.54 Å². The van der Waals surface area contributed by atoms with Crippen LogP contribution in [-0.4, -0.2) is 40.5 Å². The van der Waals surface area contributed by atoms with Gasteiger partial charge in [0.2, 0.25) is 0 Å². The highest BCUT2D eigenvalue weighted by Crippen LogP contribution is 2.34. The Hall–Kier alpha value is -2.14. The summed E-state index contributed by atoms with van der Waals surface area (Å²) in [5.41, 5.74) is 1.28. The summed E-state index contributed by atoms with van der Waals surface area (Å²) in [5, 5.41) is 4.09. The molecule has 2 atom stereocenters. The first-order valence-corrected chi connectivity index (χ1v) is 10.2. The summed E-state index contributed by atoms with van der Waals surface area (Å²) in [6.07, 6.45) is 6.44. The van der Waals surface area contributed by atoms with Crippen molar-refractivity contribution in [2.75, 3.05) is 7.05 Å². The number of fused-ring (bicyclic) bond motifs is 3. The molecule has 1 amide bonds. The number of hydrogen-bond donors (Lipinski definition) is 1. The van der Waals surface area contributed by atoms with Crippen LogP contribution >= 0.6 is 0 Å². The van der Waals surface area contributed by atoms with E-state index in [2.05, 4.69) is 24.2 Å². The Morgan fingerprint density at radius 1 is 1.19 bits per heavy atom. The van der Waals surface area contributed by atoms with Gasteiger partial charge in [0.15, 0.2) is 0 Å². The number of aromatic nitrogens is 1. The van der Waals surface area contributed by atoms with Crippen molar-refractivity contribution in [3.63, 3.8) is 0 Å². The lowest BCUT2D eigenvalue weighted by molar-refractivity contribution is 0.0884. The van der Waals surface area contributed by atoms with Crippen LogP contribution in [0.4, 0.5) is 0 Å². The minimum Gasteiger partial charge on any atom is -0.349 e. The van der Waals surface area contributed by atoms with Gasteiger partial charge in [-0.25, -0.2) is 0 Å². The molecule has 2 bridgehead atoms. The summed E-state index contributed by atoms with van der Waals surface area (Å²) in [7, 11) is 2.20. The maximum Gasteiger partial charge on any atom is 0.252 e. The second-order valence-corrected chi connectivity index (χ2v) is 8.11. The normalized spacial score (nSPS) is 25.0. The SMILES string of the molecule is CCCCn1c(=O)cc(C(=O)NC2CC3CCC(C2)N3C)c2ccccc21. The summed E-state index contributed by atoms with van der Waals surface area (Å²) < 4.78 is 1.80. The van der Waals surface area contributed by atoms with Crippen molar-refractivity contribution in [1.29, 1.82) is 0 Å². The van der Waals surface area contributed by atoms with Crippen LogP contribution in [0, 0.1) is 0 Å². The number of para-hydroxylation sites is 1. The molecule has 2 fully saturated rings. The summed E-state index contributed by atoms with van der Waals surface area (Å²) >= 11 is 0. The molecule has 5 nitrogen and oxygen atoms in total. The van der Waals surface area contributed by atoms with Crippen LogP contribution in [0.3, 0.4) is 0 Å². The predicted molar refractivity (Wildman–Crippen MR) is 108 cm³/mol. The van der Waals surface area contributed by atoms with E-state index in [1.807, 2.05) is 24.3 Å². The average molecular weight is 367 g/mol. The zero-order valence-corrected chi connectivity index (χ0v) is 16.3. The van der Waals surface area contributed by atoms with Crippen LogP contribution < -0.4 is 10.9 Å². The van der Waals surface area contributed by atoms with Crippen molar-refractivity contribution in [1.82, 2.24) is 14.8 Å². The molecule has 0 radical (unpaired) electrons. The molecule has 2 aliphatic rings. The summed E-state index contributed by atoms with van der Waals surface area (Å²) in [6.45, 7) is 2.81. The molecule has 0 saturated carbocycles. The summed E-state index contributed by atoms with van der Waals surface area (Å²) in [5.74, 6) is -0.111. The van der Waals surface area contributed by atoms with Gasteiger partial charge in [0, 0.05) is 36.1 Å². The molecule has 2 aromatic rings. The number of rotatable bonds is 5. The van der Waals surface area contributed by atoms with Crippen molar-refractivity contribution in [2.24, 2.45) is 0 Å². The number of amides is 1. The Morgan fingerprint density at radius 2 is 1.89 bits per heavy atom. The molecule has 3 heterocycles. The fraction of sp³-hybridized carbons (Fsp3) is 0.545. The highest BCUT2D eigenvalue weighted by atomic mass is 16.2. The Balaban J connectivity index is 1.62. The minimum atomic E-state index is -0.111. The first-order chi connectivity index (χ1) is 13.1. The number of hydrogen-bond acceptors (Lipinski definition) is 3. The fourth-order valence-electron chi connectivity index (χ4n) is 4.86. The molecule has 4 rings (SSSR count). The van der Waals surface area contributed by atoms with Gasteiger partial charge >= 0.3 is 0 Å². The van der Waals surface area contributed by atoms with Crippen molar-refractivity contribution in [2.45, 2.75) is 70.1 Å². The maximum atomic E-state index is 13.0. The number of unbranched alkanes of at least 4 members (excludes halogenated alkanes) is 1. The van der Waals surface area contributed by atoms with E-state index in [-0.39, 0.29) is 17.5 Å². The highest BCUT2D eigenvalue weighted by molar-refractivity contribution is 6.06. The van der Waals surface area contributed by atoms with E-state index in [4.69, 9.17) is 0 Å². The van der Waals surface area contributed by atoms with E-state index in [9.17, 15) is 9.59 Å². The zero-order valence-electron chi connectivity index (χ0n) is 16.3. The third kappa shape index (κ3) is 3.41. The number of benzene rings is 1. The van der Waals surface area contributed by atoms with Gasteiger partial charge < -0.3 is 14.8 Å². The summed E-state index contributed by atoms with van der Waals surface area (Å²) in [4.78, 5) is 28.2. The summed E-state index contributed by atoms with van der Waals surface area (Å²) in [6, 6.07) is 10.6. The molecule has 1 N–H and O–H groups in total. The number of carbonyl (C=O) groups is 1. The van der Waals surface area contributed by atoms with Crippen LogP contribution in [0.25, 0.3) is 10.9 Å². The van der Waals surface area contributed by atoms with E-state index in [1.54, 1.807) is 4.57 Å². The van der Waals surface area contributed by atoms with Gasteiger partial charge in [0.1, 0.15) is 0 Å². The molecule has 5 heteroatoms. The lowest BCUT2D eigenvalue weighted by Gasteiger charge is -2.36. The van der Waals surface area contributed by atoms with Crippen molar-refractivity contribution < 1.29 is 4.79 Å². The smallest absolute Gasteiger partial charge is 0.252 e. The molecule has 1 aromatic carbocycles. The van der Waals surface area contributed by atoms with E-state index >= 15 is 0 Å². The van der Waals surface area contributed by atoms with Gasteiger partial charge in [-0.1, -0.05) is 31.5 Å². The van der Waals surface area contributed by atoms with Gasteiger partial charge in [-0.2, -0.15) is 0 Å². The molecule has 144 valence electrons. The van der Waals surface area contributed by atoms with Crippen LogP contribution in [0.2, 0.25) is 0 Å². The molecule has 2 unspecified atom stereocenters. The lowest BCUT2D eigenvalue weighted by Crippen LogP contribution is -2.48. The number of aryl methyl sites for hydroxylation is 1. The number of piperidine rings is 1. The van der Waals surface area contributed by atoms with Crippen LogP contribution in [0.1, 0.15) is 55.8 Å². The molecule has 0 spiro atoms. The van der Waals surface area contributed by atoms with Gasteiger partial charge in [-0.3, -0.25) is 9.59 Å². The molecule has 27 heavy (non-hydrogen) atoms. The number of carbonyl (C=O) groups excluding carboxylic acids is 1. The predicted octanol–water partition coefficient (Wildman–Crippen LogP) is 3.16. The maximum absolute atomic E-state index is 13.0. The van der Waals surface area contributed by atoms with Crippen molar-refractivity contribution in [3.05, 3.63) is 46.2 Å². The third-order valence-electron chi connectivity index (χ3n) is 6.43. The molecular weight excluding hydrogens is 338 g/mol. The van der Waals surface area contributed by atoms with Crippen molar-refractivity contribution in [3.8, 4) is 0 Å². The fourth-order valence-corrected chi connectivity index (χ4v) is 4.86. The Morgan fingerprint density at radius 3 is 2.59 bits per heavy atom. The highest BCUT2D eigenvalue weighted by Gasteiger charge is 2.38. The molecule has 1 aromatic heterocycles. The topological polar surface area (TPSA) is 54.3 Å². The Labute approximate surface area is 160 Å². The standard InChI is InChI=1S/C22H29N3O2/c1-3-4-11-25-20-8-6-5-7-18(20)19(14-21(25)26)22(27)23-15-12-16-9-10-17(13-15)24(16)2/h5-8,14-17H,3-4,9-13H2,1-2H3,(H,23,27). The van der Waals surface area contributed by atoms with Gasteiger partial charge in [-0.05, 0) is 45.2 Å². The van der Waals surface area contributed by atoms with Gasteiger partial charge in [-0.15, -0.1) is 0 Å². The average Bonchev–Trinajstić information content (AvgIpc) is 2.88. The second kappa shape index (κ2) is 7.47. The quantitative estimate of drug-likeness (QED) is 0.883. The van der Waals surface area contributed by atoms with Crippen molar-refractivity contribution >= 4 is 16.8 Å². The zero-order chi connectivity index (χ0) is 19.0. The van der Waals surface area contributed by atoms with Gasteiger partial charge in [0.05, 0.1) is 11.1 Å². The number of nitrogens with zero attached hydrogens (tertiary/aromatic N) is 2. The lowest BCUT2D eigenvalue weighted by atomic mass is 9.97. The Bertz CT molecular complexity index is 890. The van der Waals surface area contributed by atoms with Crippen LogP contribution in [0.15, 0.2) is 35.1 Å². The van der Waals surface area contributed by atoms with E-state index in [1.165, 1.54) is 18.9 Å². The Kier molecular flexibility index (Phi) is 5.04. The first-order valence-electron chi connectivity index (χ1n) is 10.2. The molecule has 0 aliphatic carbocycles. The van der Waals surface area contributed by atoms with Gasteiger partial charge in [0.25, 0.3) is 11.5 Å². The van der Waals surface area contributed by atoms with E-state index < -0.39 is 0 Å². The molecule has 2 aliphatic heterocycles. The third-order valence-corrected chi connectivity index (χ3v) is 6.43. The van der Waals surface area contributed by atoms with Crippen LogP contribution in [0.5, 0.6) is 0 Å². The molecular formula is C22H29N3O2. The molecule has 2 saturated heterocycles. The number of nitrogens with one attached hydrogen (secondary N) is 1. The minimum absolute atomic E-state index is 0.0873. The monoisotopic (exact) mass is 367 g/mol. The first kappa shape index (κ1) is 18.2. The largest absolute Gasteiger partial charge is 0.349 e. The number of pyridine rings is 1. The van der Waals surface area contributed by atoms with E-state index in [0.717, 1.165) is 36.6 Å². The van der Waals surface area contributed by atoms with E-state index in [0.29, 0.717) is 24.2 Å². The second-order valence-electron chi connectivity index (χ2n) is 8.11.